The number of H-pyrrole nitrogens is 1. The Hall–Kier alpha value is -2.92. The molecule has 1 N–H and O–H groups in total. The first kappa shape index (κ1) is 33.0. The van der Waals surface area contributed by atoms with Crippen molar-refractivity contribution in [2.75, 3.05) is 19.7 Å². The summed E-state index contributed by atoms with van der Waals surface area (Å²) < 4.78 is 56.2. The molecule has 4 aromatic carbocycles. The molecule has 8 heteroatoms. The Labute approximate surface area is 284 Å². The predicted molar refractivity (Wildman–Crippen MR) is 192 cm³/mol. The van der Waals surface area contributed by atoms with Crippen LogP contribution in [-0.2, 0) is 10.8 Å². The van der Waals surface area contributed by atoms with Crippen LogP contribution in [0.4, 0.5) is 13.2 Å². The molecular formula is C38H40F3IN2OSi. The second-order valence-corrected chi connectivity index (χ2v) is 19.2. The molecule has 0 amide bonds. The molecule has 0 saturated carbocycles. The van der Waals surface area contributed by atoms with Gasteiger partial charge in [0.15, 0.2) is 0 Å². The minimum Gasteiger partial charge on any atom is -0.404 e. The predicted octanol–water partition coefficient (Wildman–Crippen LogP) is 8.69. The minimum atomic E-state index is -3.01. The summed E-state index contributed by atoms with van der Waals surface area (Å²) in [5.74, 6) is -1.26. The standard InChI is InChI=1S/C38H40F3IN2OSi/c1-37(2,3)46(27-14-7-5-8-15-27,28-16-9-6-10-17-28)45-25-38(4,41)24-44-21-13-19-30-29-18-11-12-20-33(29)43-35(30)36(44)34-31(39)22-26(42)23-32(34)40/h5-12,14-18,20,22-23,36,43H,13,19,21,24-25H2,1-4H3. The van der Waals surface area contributed by atoms with E-state index in [1.165, 1.54) is 12.1 Å². The van der Waals surface area contributed by atoms with Gasteiger partial charge < -0.3 is 9.41 Å². The molecule has 0 saturated heterocycles. The summed E-state index contributed by atoms with van der Waals surface area (Å²) in [6, 6.07) is 30.1. The van der Waals surface area contributed by atoms with Crippen molar-refractivity contribution in [1.29, 1.82) is 0 Å². The molecule has 0 aliphatic carbocycles. The van der Waals surface area contributed by atoms with Gasteiger partial charge in [0.2, 0.25) is 0 Å². The van der Waals surface area contributed by atoms with E-state index in [0.29, 0.717) is 10.1 Å². The summed E-state index contributed by atoms with van der Waals surface area (Å²) in [4.78, 5) is 5.39. The third kappa shape index (κ3) is 6.21. The highest BCUT2D eigenvalue weighted by molar-refractivity contribution is 14.1. The minimum absolute atomic E-state index is 0.0566. The normalized spacial score (nSPS) is 17.4. The lowest BCUT2D eigenvalue weighted by molar-refractivity contribution is 0.0423. The number of alkyl halides is 1. The number of para-hydroxylation sites is 1. The van der Waals surface area contributed by atoms with Crippen LogP contribution in [0.25, 0.3) is 10.9 Å². The largest absolute Gasteiger partial charge is 0.404 e. The molecule has 240 valence electrons. The maximum absolute atomic E-state index is 17.1. The summed E-state index contributed by atoms with van der Waals surface area (Å²) in [5.41, 5.74) is 0.770. The highest BCUT2D eigenvalue weighted by Crippen LogP contribution is 2.42. The second kappa shape index (κ2) is 12.9. The first-order valence-electron chi connectivity index (χ1n) is 15.8. The monoisotopic (exact) mass is 752 g/mol. The van der Waals surface area contributed by atoms with E-state index in [0.717, 1.165) is 45.4 Å². The van der Waals surface area contributed by atoms with Gasteiger partial charge in [0.05, 0.1) is 12.6 Å². The number of aromatic nitrogens is 1. The number of aromatic amines is 1. The molecule has 0 radical (unpaired) electrons. The van der Waals surface area contributed by atoms with E-state index in [1.54, 1.807) is 6.92 Å². The Morgan fingerprint density at radius 2 is 1.43 bits per heavy atom. The first-order valence-corrected chi connectivity index (χ1v) is 18.8. The average Bonchev–Trinajstić information content (AvgIpc) is 3.28. The topological polar surface area (TPSA) is 28.3 Å². The van der Waals surface area contributed by atoms with Crippen LogP contribution in [0, 0.1) is 15.2 Å². The van der Waals surface area contributed by atoms with Crippen molar-refractivity contribution in [2.24, 2.45) is 0 Å². The fraction of sp³-hybridized carbons (Fsp3) is 0.316. The van der Waals surface area contributed by atoms with Gasteiger partial charge in [-0.05, 0) is 88.1 Å². The fourth-order valence-corrected chi connectivity index (χ4v) is 12.5. The number of nitrogens with zero attached hydrogens (tertiary/aromatic N) is 1. The molecule has 5 aromatic rings. The van der Waals surface area contributed by atoms with Gasteiger partial charge >= 0.3 is 0 Å². The van der Waals surface area contributed by atoms with Crippen LogP contribution < -0.4 is 10.4 Å². The second-order valence-electron chi connectivity index (χ2n) is 13.7. The lowest BCUT2D eigenvalue weighted by Gasteiger charge is -2.44. The van der Waals surface area contributed by atoms with Crippen molar-refractivity contribution in [3.8, 4) is 0 Å². The van der Waals surface area contributed by atoms with Gasteiger partial charge in [0.1, 0.15) is 17.3 Å². The van der Waals surface area contributed by atoms with Crippen LogP contribution >= 0.6 is 22.6 Å². The van der Waals surface area contributed by atoms with Crippen molar-refractivity contribution < 1.29 is 17.6 Å². The van der Waals surface area contributed by atoms with Crippen LogP contribution in [0.2, 0.25) is 5.04 Å². The van der Waals surface area contributed by atoms with Crippen molar-refractivity contribution in [3.63, 3.8) is 0 Å². The van der Waals surface area contributed by atoms with Crippen molar-refractivity contribution in [2.45, 2.75) is 57.3 Å². The number of aryl methyl sites for hydroxylation is 1. The molecule has 0 bridgehead atoms. The third-order valence-electron chi connectivity index (χ3n) is 9.21. The summed E-state index contributed by atoms with van der Waals surface area (Å²) in [7, 11) is -3.01. The first-order chi connectivity index (χ1) is 21.9. The van der Waals surface area contributed by atoms with E-state index >= 15 is 13.2 Å². The summed E-state index contributed by atoms with van der Waals surface area (Å²) in [6.45, 7) is 8.30. The number of nitrogens with one attached hydrogen (secondary N) is 1. The molecule has 46 heavy (non-hydrogen) atoms. The van der Waals surface area contributed by atoms with Crippen LogP contribution in [0.3, 0.4) is 0 Å². The zero-order chi connectivity index (χ0) is 32.7. The summed E-state index contributed by atoms with van der Waals surface area (Å²) >= 11 is 1.93. The van der Waals surface area contributed by atoms with Crippen molar-refractivity contribution in [3.05, 3.63) is 129 Å². The van der Waals surface area contributed by atoms with E-state index in [9.17, 15) is 0 Å². The number of rotatable bonds is 8. The number of hydrogen-bond donors (Lipinski definition) is 1. The van der Waals surface area contributed by atoms with E-state index in [4.69, 9.17) is 4.43 Å². The van der Waals surface area contributed by atoms with Gasteiger partial charge in [-0.1, -0.05) is 99.6 Å². The van der Waals surface area contributed by atoms with Crippen molar-refractivity contribution in [1.82, 2.24) is 9.88 Å². The molecule has 1 aliphatic rings. The van der Waals surface area contributed by atoms with Crippen LogP contribution in [0.15, 0.2) is 97.1 Å². The number of fused-ring (bicyclic) bond motifs is 3. The van der Waals surface area contributed by atoms with Gasteiger partial charge in [0.25, 0.3) is 8.32 Å². The lowest BCUT2D eigenvalue weighted by atomic mass is 9.96. The van der Waals surface area contributed by atoms with Gasteiger partial charge in [-0.2, -0.15) is 0 Å². The Morgan fingerprint density at radius 3 is 2.02 bits per heavy atom. The van der Waals surface area contributed by atoms with Crippen molar-refractivity contribution >= 4 is 52.2 Å². The third-order valence-corrected chi connectivity index (χ3v) is 14.8. The summed E-state index contributed by atoms with van der Waals surface area (Å²) in [5, 5.41) is 2.86. The van der Waals surface area contributed by atoms with E-state index in [-0.39, 0.29) is 23.8 Å². The molecule has 2 atom stereocenters. The Kier molecular flexibility index (Phi) is 9.28. The Bertz CT molecular complexity index is 1760. The summed E-state index contributed by atoms with van der Waals surface area (Å²) in [6.07, 6.45) is 1.45. The molecule has 1 aliphatic heterocycles. The van der Waals surface area contributed by atoms with E-state index in [1.807, 2.05) is 88.2 Å². The van der Waals surface area contributed by atoms with E-state index in [2.05, 4.69) is 50.0 Å². The molecular weight excluding hydrogens is 712 g/mol. The van der Waals surface area contributed by atoms with Gasteiger partial charge in [-0.3, -0.25) is 4.90 Å². The zero-order valence-electron chi connectivity index (χ0n) is 26.7. The molecule has 0 spiro atoms. The molecule has 6 rings (SSSR count). The Balaban J connectivity index is 1.40. The van der Waals surface area contributed by atoms with Crippen LogP contribution in [0.1, 0.15) is 57.0 Å². The van der Waals surface area contributed by atoms with Crippen LogP contribution in [-0.4, -0.2) is 43.6 Å². The van der Waals surface area contributed by atoms with Gasteiger partial charge in [-0.25, -0.2) is 13.2 Å². The lowest BCUT2D eigenvalue weighted by Crippen LogP contribution is -2.67. The maximum Gasteiger partial charge on any atom is 0.261 e. The number of benzene rings is 4. The number of hydrogen-bond acceptors (Lipinski definition) is 2. The highest BCUT2D eigenvalue weighted by Gasteiger charge is 2.51. The zero-order valence-corrected chi connectivity index (χ0v) is 29.9. The quantitative estimate of drug-likeness (QED) is 0.127. The maximum atomic E-state index is 17.1. The number of halogens is 4. The average molecular weight is 753 g/mol. The molecule has 0 fully saturated rings. The molecule has 3 nitrogen and oxygen atoms in total. The SMILES string of the molecule is CC(F)(CO[Si](c1ccccc1)(c1ccccc1)C(C)(C)C)CN1CCCc2c([nH]c3ccccc23)C1c1c(F)cc(I)cc1F. The molecule has 2 heterocycles. The molecule has 2 unspecified atom stereocenters. The van der Waals surface area contributed by atoms with E-state index < -0.39 is 31.7 Å². The molecule has 1 aromatic heterocycles. The fourth-order valence-electron chi connectivity index (χ4n) is 7.30. The van der Waals surface area contributed by atoms with Crippen LogP contribution in [0.5, 0.6) is 0 Å². The van der Waals surface area contributed by atoms with Gasteiger partial charge in [0, 0.05) is 32.3 Å². The Morgan fingerprint density at radius 1 is 0.870 bits per heavy atom. The smallest absolute Gasteiger partial charge is 0.261 e. The van der Waals surface area contributed by atoms with Gasteiger partial charge in [-0.15, -0.1) is 0 Å². The highest BCUT2D eigenvalue weighted by atomic mass is 127.